The number of hydrogen-bond donors (Lipinski definition) is 1. The highest BCUT2D eigenvalue weighted by molar-refractivity contribution is 7.89. The van der Waals surface area contributed by atoms with Gasteiger partial charge in [-0.15, -0.1) is 0 Å². The zero-order chi connectivity index (χ0) is 18.6. The number of carbonyl (C=O) groups is 1. The van der Waals surface area contributed by atoms with Crippen LogP contribution in [-0.4, -0.2) is 56.3 Å². The van der Waals surface area contributed by atoms with Gasteiger partial charge < -0.3 is 10.2 Å². The molecule has 0 bridgehead atoms. The molecule has 0 spiro atoms. The van der Waals surface area contributed by atoms with Crippen molar-refractivity contribution in [2.75, 3.05) is 38.0 Å². The number of hydrogen-bond acceptors (Lipinski definition) is 4. The van der Waals surface area contributed by atoms with Crippen LogP contribution >= 0.6 is 0 Å². The maximum Gasteiger partial charge on any atom is 0.243 e. The lowest BCUT2D eigenvalue weighted by atomic mass is 10.3. The van der Waals surface area contributed by atoms with E-state index in [1.807, 2.05) is 30.3 Å². The molecule has 0 aliphatic carbocycles. The van der Waals surface area contributed by atoms with Crippen LogP contribution in [0.1, 0.15) is 0 Å². The summed E-state index contributed by atoms with van der Waals surface area (Å²) in [7, 11) is -3.67. The third-order valence-corrected chi connectivity index (χ3v) is 6.17. The normalized spacial score (nSPS) is 15.7. The zero-order valence-electron chi connectivity index (χ0n) is 14.1. The highest BCUT2D eigenvalue weighted by Crippen LogP contribution is 2.18. The molecule has 1 aliphatic rings. The first-order valence-corrected chi connectivity index (χ1v) is 9.73. The van der Waals surface area contributed by atoms with Gasteiger partial charge in [-0.2, -0.15) is 4.31 Å². The second kappa shape index (κ2) is 7.84. The van der Waals surface area contributed by atoms with Crippen LogP contribution in [0, 0.1) is 5.82 Å². The van der Waals surface area contributed by atoms with Gasteiger partial charge in [0.05, 0.1) is 11.4 Å². The molecular weight excluding hydrogens is 357 g/mol. The minimum atomic E-state index is -3.67. The Kier molecular flexibility index (Phi) is 5.53. The van der Waals surface area contributed by atoms with Crippen LogP contribution in [-0.2, 0) is 14.8 Å². The van der Waals surface area contributed by atoms with E-state index in [1.54, 1.807) is 4.90 Å². The van der Waals surface area contributed by atoms with Crippen LogP contribution in [0.3, 0.4) is 0 Å². The number of para-hydroxylation sites is 1. The number of halogens is 1. The molecule has 1 N–H and O–H groups in total. The predicted molar refractivity (Wildman–Crippen MR) is 96.7 cm³/mol. The van der Waals surface area contributed by atoms with Crippen molar-refractivity contribution in [2.24, 2.45) is 0 Å². The van der Waals surface area contributed by atoms with Gasteiger partial charge in [-0.25, -0.2) is 12.8 Å². The maximum absolute atomic E-state index is 13.0. The SMILES string of the molecule is O=C(CNc1ccccc1)N1CCN(S(=O)(=O)c2ccc(F)cc2)CC1. The van der Waals surface area contributed by atoms with Gasteiger partial charge >= 0.3 is 0 Å². The fourth-order valence-corrected chi connectivity index (χ4v) is 4.20. The van der Waals surface area contributed by atoms with Crippen LogP contribution in [0.2, 0.25) is 0 Å². The topological polar surface area (TPSA) is 69.7 Å². The number of anilines is 1. The van der Waals surface area contributed by atoms with Crippen molar-refractivity contribution < 1.29 is 17.6 Å². The summed E-state index contributed by atoms with van der Waals surface area (Å²) in [5, 5.41) is 3.06. The molecule has 2 aromatic carbocycles. The minimum Gasteiger partial charge on any atom is -0.376 e. The van der Waals surface area contributed by atoms with Crippen molar-refractivity contribution in [2.45, 2.75) is 4.90 Å². The second-order valence-electron chi connectivity index (χ2n) is 5.96. The average Bonchev–Trinajstić information content (AvgIpc) is 2.67. The van der Waals surface area contributed by atoms with Crippen LogP contribution < -0.4 is 5.32 Å². The summed E-state index contributed by atoms with van der Waals surface area (Å²) in [5.74, 6) is -0.557. The Morgan fingerprint density at radius 2 is 1.58 bits per heavy atom. The van der Waals surface area contributed by atoms with Gasteiger partial charge in [-0.3, -0.25) is 4.79 Å². The van der Waals surface area contributed by atoms with E-state index in [9.17, 15) is 17.6 Å². The number of piperazine rings is 1. The van der Waals surface area contributed by atoms with Gasteiger partial charge in [-0.1, -0.05) is 18.2 Å². The summed E-state index contributed by atoms with van der Waals surface area (Å²) in [5.41, 5.74) is 0.860. The summed E-state index contributed by atoms with van der Waals surface area (Å²) < 4.78 is 39.5. The molecule has 0 unspecified atom stereocenters. The van der Waals surface area contributed by atoms with Gasteiger partial charge in [0.1, 0.15) is 5.82 Å². The van der Waals surface area contributed by atoms with Crippen molar-refractivity contribution in [3.8, 4) is 0 Å². The van der Waals surface area contributed by atoms with E-state index in [4.69, 9.17) is 0 Å². The number of amides is 1. The Morgan fingerprint density at radius 3 is 2.19 bits per heavy atom. The molecule has 3 rings (SSSR count). The molecule has 8 heteroatoms. The molecule has 1 heterocycles. The van der Waals surface area contributed by atoms with Crippen molar-refractivity contribution in [3.63, 3.8) is 0 Å². The fourth-order valence-electron chi connectivity index (χ4n) is 2.78. The first-order chi connectivity index (χ1) is 12.5. The highest BCUT2D eigenvalue weighted by Gasteiger charge is 2.29. The fraction of sp³-hybridized carbons (Fsp3) is 0.278. The van der Waals surface area contributed by atoms with Gasteiger partial charge in [0.15, 0.2) is 0 Å². The van der Waals surface area contributed by atoms with Gasteiger partial charge in [-0.05, 0) is 36.4 Å². The number of rotatable bonds is 5. The minimum absolute atomic E-state index is 0.0596. The van der Waals surface area contributed by atoms with E-state index in [2.05, 4.69) is 5.32 Å². The number of nitrogens with zero attached hydrogens (tertiary/aromatic N) is 2. The lowest BCUT2D eigenvalue weighted by Gasteiger charge is -2.34. The van der Waals surface area contributed by atoms with E-state index in [-0.39, 0.29) is 30.4 Å². The van der Waals surface area contributed by atoms with Crippen molar-refractivity contribution >= 4 is 21.6 Å². The van der Waals surface area contributed by atoms with E-state index in [0.717, 1.165) is 17.8 Å². The van der Waals surface area contributed by atoms with Gasteiger partial charge in [0.25, 0.3) is 0 Å². The molecule has 26 heavy (non-hydrogen) atoms. The van der Waals surface area contributed by atoms with Crippen LogP contribution in [0.15, 0.2) is 59.5 Å². The Balaban J connectivity index is 1.55. The first kappa shape index (κ1) is 18.3. The molecule has 6 nitrogen and oxygen atoms in total. The van der Waals surface area contributed by atoms with Crippen molar-refractivity contribution in [3.05, 3.63) is 60.4 Å². The average molecular weight is 377 g/mol. The summed E-state index contributed by atoms with van der Waals surface area (Å²) in [4.78, 5) is 14.0. The predicted octanol–water partition coefficient (Wildman–Crippen LogP) is 1.77. The van der Waals surface area contributed by atoms with E-state index >= 15 is 0 Å². The first-order valence-electron chi connectivity index (χ1n) is 8.29. The smallest absolute Gasteiger partial charge is 0.243 e. The molecule has 1 aliphatic heterocycles. The molecule has 0 saturated carbocycles. The number of nitrogens with one attached hydrogen (secondary N) is 1. The Morgan fingerprint density at radius 1 is 0.962 bits per heavy atom. The summed E-state index contributed by atoms with van der Waals surface area (Å²) >= 11 is 0. The molecule has 0 aromatic heterocycles. The molecule has 1 fully saturated rings. The summed E-state index contributed by atoms with van der Waals surface area (Å²) in [6, 6.07) is 14.2. The Labute approximate surface area is 152 Å². The Bertz CT molecular complexity index is 849. The molecule has 1 saturated heterocycles. The summed E-state index contributed by atoms with van der Waals surface area (Å²) in [6.07, 6.45) is 0. The zero-order valence-corrected chi connectivity index (χ0v) is 15.0. The number of carbonyl (C=O) groups excluding carboxylic acids is 1. The standard InChI is InChI=1S/C18H20FN3O3S/c19-15-6-8-17(9-7-15)26(24,25)22-12-10-21(11-13-22)18(23)14-20-16-4-2-1-3-5-16/h1-9,20H,10-14H2. The van der Waals surface area contributed by atoms with Gasteiger partial charge in [0, 0.05) is 31.9 Å². The van der Waals surface area contributed by atoms with Crippen molar-refractivity contribution in [1.29, 1.82) is 0 Å². The third kappa shape index (κ3) is 4.20. The van der Waals surface area contributed by atoms with E-state index in [1.165, 1.54) is 16.4 Å². The quantitative estimate of drug-likeness (QED) is 0.862. The molecule has 0 radical (unpaired) electrons. The van der Waals surface area contributed by atoms with Crippen LogP contribution in [0.4, 0.5) is 10.1 Å². The van der Waals surface area contributed by atoms with Crippen LogP contribution in [0.25, 0.3) is 0 Å². The summed E-state index contributed by atoms with van der Waals surface area (Å²) in [6.45, 7) is 1.26. The molecule has 0 atom stereocenters. The highest BCUT2D eigenvalue weighted by atomic mass is 32.2. The largest absolute Gasteiger partial charge is 0.376 e. The molecule has 138 valence electrons. The van der Waals surface area contributed by atoms with Crippen molar-refractivity contribution in [1.82, 2.24) is 9.21 Å². The Hall–Kier alpha value is -2.45. The number of benzene rings is 2. The van der Waals surface area contributed by atoms with E-state index < -0.39 is 15.8 Å². The lowest BCUT2D eigenvalue weighted by Crippen LogP contribution is -2.51. The number of sulfonamides is 1. The lowest BCUT2D eigenvalue weighted by molar-refractivity contribution is -0.130. The van der Waals surface area contributed by atoms with Gasteiger partial charge in [0.2, 0.25) is 15.9 Å². The van der Waals surface area contributed by atoms with E-state index in [0.29, 0.717) is 13.1 Å². The second-order valence-corrected chi connectivity index (χ2v) is 7.90. The van der Waals surface area contributed by atoms with Crippen LogP contribution in [0.5, 0.6) is 0 Å². The monoisotopic (exact) mass is 377 g/mol. The third-order valence-electron chi connectivity index (χ3n) is 4.26. The molecule has 2 aromatic rings. The molecule has 1 amide bonds. The molecular formula is C18H20FN3O3S. The maximum atomic E-state index is 13.0.